The Kier molecular flexibility index (Phi) is 8.67. The Labute approximate surface area is 105 Å². The summed E-state index contributed by atoms with van der Waals surface area (Å²) in [6, 6.07) is 0. The van der Waals surface area contributed by atoms with Gasteiger partial charge in [0, 0.05) is 6.21 Å². The molecule has 0 rings (SSSR count). The summed E-state index contributed by atoms with van der Waals surface area (Å²) >= 11 is 0. The van der Waals surface area contributed by atoms with Crippen LogP contribution in [0, 0.1) is 17.2 Å². The second-order valence-electron chi connectivity index (χ2n) is 3.98. The average molecular weight is 229 g/mol. The first-order chi connectivity index (χ1) is 8.15. The fourth-order valence-corrected chi connectivity index (χ4v) is 1.36. The third kappa shape index (κ3) is 7.29. The molecule has 0 aliphatic rings. The Morgan fingerprint density at radius 1 is 1.12 bits per heavy atom. The van der Waals surface area contributed by atoms with Crippen LogP contribution >= 0.6 is 0 Å². The van der Waals surface area contributed by atoms with Crippen LogP contribution in [-0.4, -0.2) is 6.21 Å². The van der Waals surface area contributed by atoms with Gasteiger partial charge in [-0.1, -0.05) is 63.0 Å². The van der Waals surface area contributed by atoms with E-state index in [1.165, 1.54) is 11.8 Å². The highest BCUT2D eigenvalue weighted by Gasteiger charge is 2.00. The van der Waals surface area contributed by atoms with Crippen LogP contribution in [0.4, 0.5) is 0 Å². The molecule has 1 heteroatoms. The number of allylic oxidation sites excluding steroid dienone is 9. The quantitative estimate of drug-likeness (QED) is 0.371. The largest absolute Gasteiger partial charge is 0.309 e. The van der Waals surface area contributed by atoms with E-state index < -0.39 is 0 Å². The molecule has 0 aromatic rings. The third-order valence-corrected chi connectivity index (χ3v) is 2.46. The minimum absolute atomic E-state index is 0.354. The van der Waals surface area contributed by atoms with Gasteiger partial charge in [0.05, 0.1) is 0 Å². The number of rotatable bonds is 7. The van der Waals surface area contributed by atoms with Gasteiger partial charge >= 0.3 is 0 Å². The third-order valence-electron chi connectivity index (χ3n) is 2.46. The average Bonchev–Trinajstić information content (AvgIpc) is 2.34. The molecule has 0 heterocycles. The van der Waals surface area contributed by atoms with Crippen LogP contribution in [0.2, 0.25) is 0 Å². The van der Waals surface area contributed by atoms with E-state index in [0.717, 1.165) is 0 Å². The van der Waals surface area contributed by atoms with Crippen molar-refractivity contribution >= 4 is 6.21 Å². The summed E-state index contributed by atoms with van der Waals surface area (Å²) in [6.07, 6.45) is 17.4. The minimum Gasteiger partial charge on any atom is -0.309 e. The van der Waals surface area contributed by atoms with E-state index in [1.807, 2.05) is 31.2 Å². The summed E-state index contributed by atoms with van der Waals surface area (Å²) in [5, 5.41) is 6.92. The predicted octanol–water partition coefficient (Wildman–Crippen LogP) is 4.71. The van der Waals surface area contributed by atoms with E-state index in [2.05, 4.69) is 38.7 Å². The van der Waals surface area contributed by atoms with Gasteiger partial charge in [-0.2, -0.15) is 0 Å². The zero-order chi connectivity index (χ0) is 13.1. The van der Waals surface area contributed by atoms with Gasteiger partial charge in [0.25, 0.3) is 0 Å². The van der Waals surface area contributed by atoms with Crippen molar-refractivity contribution in [2.45, 2.75) is 20.8 Å². The van der Waals surface area contributed by atoms with E-state index >= 15 is 0 Å². The highest BCUT2D eigenvalue weighted by molar-refractivity contribution is 5.67. The molecule has 0 aromatic carbocycles. The van der Waals surface area contributed by atoms with Crippen molar-refractivity contribution in [3.05, 3.63) is 60.8 Å². The van der Waals surface area contributed by atoms with Gasteiger partial charge in [-0.05, 0) is 30.4 Å². The maximum atomic E-state index is 6.92. The molecule has 0 radical (unpaired) electrons. The van der Waals surface area contributed by atoms with Gasteiger partial charge in [-0.25, -0.2) is 0 Å². The summed E-state index contributed by atoms with van der Waals surface area (Å²) in [7, 11) is 0. The van der Waals surface area contributed by atoms with Crippen LogP contribution in [0.5, 0.6) is 0 Å². The van der Waals surface area contributed by atoms with Crippen molar-refractivity contribution in [2.24, 2.45) is 11.8 Å². The van der Waals surface area contributed by atoms with Crippen molar-refractivity contribution in [1.29, 1.82) is 5.41 Å². The van der Waals surface area contributed by atoms with Crippen molar-refractivity contribution in [2.75, 3.05) is 0 Å². The standard InChI is InChI=1S/C16H23N/c1-5-7-10-16(6-2)15(4)12-11-14(3)9-8-13-17/h5-15,17H,2H2,1,3-4H3/b7-5-,9-8-,12-11-,16-10+,17-13?. The molecule has 0 aliphatic carbocycles. The van der Waals surface area contributed by atoms with E-state index in [0.29, 0.717) is 11.8 Å². The molecular formula is C16H23N. The highest BCUT2D eigenvalue weighted by atomic mass is 14.3. The first-order valence-corrected chi connectivity index (χ1v) is 5.96. The molecule has 0 bridgehead atoms. The Hall–Kier alpha value is -1.63. The molecular weight excluding hydrogens is 206 g/mol. The molecule has 0 saturated carbocycles. The molecule has 2 unspecified atom stereocenters. The number of nitrogens with one attached hydrogen (secondary N) is 1. The molecule has 0 aliphatic heterocycles. The van der Waals surface area contributed by atoms with Gasteiger partial charge < -0.3 is 5.41 Å². The highest BCUT2D eigenvalue weighted by Crippen LogP contribution is 2.14. The molecule has 1 nitrogen and oxygen atoms in total. The van der Waals surface area contributed by atoms with Crippen molar-refractivity contribution in [3.63, 3.8) is 0 Å². The van der Waals surface area contributed by atoms with Gasteiger partial charge in [-0.15, -0.1) is 0 Å². The molecule has 0 aromatic heterocycles. The monoisotopic (exact) mass is 229 g/mol. The second kappa shape index (κ2) is 9.59. The van der Waals surface area contributed by atoms with Crippen LogP contribution in [0.3, 0.4) is 0 Å². The van der Waals surface area contributed by atoms with Crippen LogP contribution in [0.15, 0.2) is 60.8 Å². The lowest BCUT2D eigenvalue weighted by Gasteiger charge is -2.07. The summed E-state index contributed by atoms with van der Waals surface area (Å²) in [6.45, 7) is 10.1. The van der Waals surface area contributed by atoms with Crippen molar-refractivity contribution in [3.8, 4) is 0 Å². The van der Waals surface area contributed by atoms with Gasteiger partial charge in [0.1, 0.15) is 0 Å². The van der Waals surface area contributed by atoms with Crippen molar-refractivity contribution in [1.82, 2.24) is 0 Å². The zero-order valence-corrected chi connectivity index (χ0v) is 11.1. The molecule has 2 atom stereocenters. The van der Waals surface area contributed by atoms with Crippen LogP contribution < -0.4 is 0 Å². The lowest BCUT2D eigenvalue weighted by Crippen LogP contribution is -1.93. The summed E-state index contributed by atoms with van der Waals surface area (Å²) in [5.74, 6) is 0.714. The maximum Gasteiger partial charge on any atom is 0.0174 e. The lowest BCUT2D eigenvalue weighted by atomic mass is 9.98. The van der Waals surface area contributed by atoms with E-state index in [4.69, 9.17) is 5.41 Å². The van der Waals surface area contributed by atoms with E-state index in [1.54, 1.807) is 6.08 Å². The minimum atomic E-state index is 0.354. The summed E-state index contributed by atoms with van der Waals surface area (Å²) in [4.78, 5) is 0. The smallest absolute Gasteiger partial charge is 0.0174 e. The Bertz CT molecular complexity index is 343. The van der Waals surface area contributed by atoms with Crippen LogP contribution in [-0.2, 0) is 0 Å². The SMILES string of the molecule is C=C/C(=C\C=C/C)C(C)/C=C\C(C)/C=C\C=N. The molecule has 17 heavy (non-hydrogen) atoms. The Balaban J connectivity index is 4.54. The fraction of sp³-hybridized carbons (Fsp3) is 0.312. The topological polar surface area (TPSA) is 23.9 Å². The van der Waals surface area contributed by atoms with E-state index in [-0.39, 0.29) is 0 Å². The number of hydrogen-bond donors (Lipinski definition) is 1. The molecule has 0 amide bonds. The fourth-order valence-electron chi connectivity index (χ4n) is 1.36. The van der Waals surface area contributed by atoms with E-state index in [9.17, 15) is 0 Å². The molecule has 0 spiro atoms. The number of hydrogen-bond acceptors (Lipinski definition) is 1. The molecule has 0 saturated heterocycles. The molecule has 92 valence electrons. The van der Waals surface area contributed by atoms with Crippen LogP contribution in [0.1, 0.15) is 20.8 Å². The van der Waals surface area contributed by atoms with Gasteiger partial charge in [0.2, 0.25) is 0 Å². The van der Waals surface area contributed by atoms with Gasteiger partial charge in [0.15, 0.2) is 0 Å². The van der Waals surface area contributed by atoms with Crippen LogP contribution in [0.25, 0.3) is 0 Å². The Morgan fingerprint density at radius 3 is 2.35 bits per heavy atom. The normalized spacial score (nSPS) is 16.8. The lowest BCUT2D eigenvalue weighted by molar-refractivity contribution is 0.856. The predicted molar refractivity (Wildman–Crippen MR) is 78.5 cm³/mol. The zero-order valence-electron chi connectivity index (χ0n) is 11.1. The second-order valence-corrected chi connectivity index (χ2v) is 3.98. The maximum absolute atomic E-state index is 6.92. The Morgan fingerprint density at radius 2 is 1.82 bits per heavy atom. The molecule has 1 N–H and O–H groups in total. The summed E-state index contributed by atoms with van der Waals surface area (Å²) < 4.78 is 0. The summed E-state index contributed by atoms with van der Waals surface area (Å²) in [5.41, 5.74) is 1.21. The first kappa shape index (κ1) is 15.4. The van der Waals surface area contributed by atoms with Gasteiger partial charge in [-0.3, -0.25) is 0 Å². The molecule has 0 fully saturated rings. The first-order valence-electron chi connectivity index (χ1n) is 5.96. The van der Waals surface area contributed by atoms with Crippen molar-refractivity contribution < 1.29 is 0 Å².